The van der Waals surface area contributed by atoms with Crippen molar-refractivity contribution in [3.63, 3.8) is 0 Å². The van der Waals surface area contributed by atoms with Crippen LogP contribution in [0.5, 0.6) is 0 Å². The number of unbranched alkanes of at least 4 members (excludes halogenated alkanes) is 3. The lowest BCUT2D eigenvalue weighted by Crippen LogP contribution is -2.38. The summed E-state index contributed by atoms with van der Waals surface area (Å²) in [5.41, 5.74) is 18.4. The zero-order chi connectivity index (χ0) is 27.0. The van der Waals surface area contributed by atoms with Gasteiger partial charge in [-0.3, -0.25) is 0 Å². The van der Waals surface area contributed by atoms with E-state index in [1.807, 2.05) is 0 Å². The molecule has 0 amide bonds. The number of hydrogen-bond acceptors (Lipinski definition) is 10. The van der Waals surface area contributed by atoms with E-state index in [1.54, 1.807) is 0 Å². The fourth-order valence-corrected chi connectivity index (χ4v) is 14.6. The molecule has 0 aromatic carbocycles. The third-order valence-corrected chi connectivity index (χ3v) is 17.6. The molecule has 36 heavy (non-hydrogen) atoms. The zero-order valence-electron chi connectivity index (χ0n) is 20.3. The third kappa shape index (κ3) is 7.76. The van der Waals surface area contributed by atoms with E-state index < -0.39 is 70.8 Å². The van der Waals surface area contributed by atoms with E-state index in [0.29, 0.717) is 51.4 Å². The summed E-state index contributed by atoms with van der Waals surface area (Å²) in [6.07, 6.45) is 6.20. The summed E-state index contributed by atoms with van der Waals surface area (Å²) in [6.45, 7) is 0. The van der Waals surface area contributed by atoms with Gasteiger partial charge in [0.25, 0.3) is 0 Å². The van der Waals surface area contributed by atoms with Crippen LogP contribution in [0.3, 0.4) is 0 Å². The second-order valence-corrected chi connectivity index (χ2v) is 19.2. The van der Waals surface area contributed by atoms with Crippen LogP contribution >= 0.6 is 0 Å². The van der Waals surface area contributed by atoms with Gasteiger partial charge in [0.1, 0.15) is 0 Å². The number of rotatable bonds is 15. The summed E-state index contributed by atoms with van der Waals surface area (Å²) in [5.74, 6) is -1.10. The maximum Gasteiger partial charge on any atom is 0.232 e. The molecule has 0 aromatic rings. The minimum absolute atomic E-state index is 0.0166. The Kier molecular flexibility index (Phi) is 11.4. The van der Waals surface area contributed by atoms with Gasteiger partial charge in [-0.15, -0.1) is 0 Å². The lowest BCUT2D eigenvalue weighted by Gasteiger charge is -2.26. The summed E-state index contributed by atoms with van der Waals surface area (Å²) in [5, 5.41) is 3.68. The molecular formula is C20H36N4O8S4-2. The summed E-state index contributed by atoms with van der Waals surface area (Å²) >= 11 is 0. The fourth-order valence-electron chi connectivity index (χ4n) is 4.96. The van der Waals surface area contributed by atoms with Crippen LogP contribution in [0.2, 0.25) is 0 Å². The van der Waals surface area contributed by atoms with Gasteiger partial charge in [-0.2, -0.15) is 0 Å². The SMILES string of the molecule is [N-]=NC(S(=O)(=O)CCCCCCS(=O)(=O)C(N=[N-])S(=O)(=O)C1CCCCC1)S(=O)(=O)C1CCCCC1. The smallest absolute Gasteiger partial charge is 0.232 e. The van der Waals surface area contributed by atoms with Crippen molar-refractivity contribution in [1.29, 1.82) is 0 Å². The van der Waals surface area contributed by atoms with Gasteiger partial charge in [0.15, 0.2) is 39.3 Å². The first-order valence-corrected chi connectivity index (χ1v) is 19.0. The third-order valence-electron chi connectivity index (χ3n) is 7.01. The molecule has 16 heteroatoms. The van der Waals surface area contributed by atoms with Gasteiger partial charge in [-0.25, -0.2) is 33.7 Å². The lowest BCUT2D eigenvalue weighted by atomic mass is 10.0. The Hall–Kier alpha value is -1.00. The van der Waals surface area contributed by atoms with Gasteiger partial charge in [-0.1, -0.05) is 51.4 Å². The molecule has 0 aromatic heterocycles. The molecular weight excluding hydrogens is 553 g/mol. The van der Waals surface area contributed by atoms with Crippen LogP contribution < -0.4 is 0 Å². The highest BCUT2D eigenvalue weighted by atomic mass is 32.3. The second kappa shape index (κ2) is 13.2. The predicted octanol–water partition coefficient (Wildman–Crippen LogP) is 3.48. The van der Waals surface area contributed by atoms with Crippen LogP contribution in [-0.2, 0) is 39.3 Å². The largest absolute Gasteiger partial charge is 0.710 e. The van der Waals surface area contributed by atoms with Crippen molar-refractivity contribution in [3.8, 4) is 0 Å². The Morgan fingerprint density at radius 2 is 0.833 bits per heavy atom. The summed E-state index contributed by atoms with van der Waals surface area (Å²) in [7, 11) is -17.0. The van der Waals surface area contributed by atoms with Crippen molar-refractivity contribution >= 4 is 39.3 Å². The maximum atomic E-state index is 12.7. The zero-order valence-corrected chi connectivity index (χ0v) is 23.6. The van der Waals surface area contributed by atoms with Crippen LogP contribution in [0.25, 0.3) is 11.1 Å². The van der Waals surface area contributed by atoms with Crippen LogP contribution in [0.15, 0.2) is 10.2 Å². The van der Waals surface area contributed by atoms with Crippen LogP contribution in [0.4, 0.5) is 0 Å². The first-order valence-electron chi connectivity index (χ1n) is 12.4. The highest BCUT2D eigenvalue weighted by molar-refractivity contribution is 8.09. The Bertz CT molecular complexity index is 1080. The van der Waals surface area contributed by atoms with Crippen molar-refractivity contribution in [2.75, 3.05) is 11.5 Å². The van der Waals surface area contributed by atoms with Crippen molar-refractivity contribution in [1.82, 2.24) is 0 Å². The Morgan fingerprint density at radius 1 is 0.528 bits per heavy atom. The Morgan fingerprint density at radius 3 is 1.11 bits per heavy atom. The standard InChI is InChI=1S/C20H36N4O8S4/c21-23-19(35(29,30)17-11-5-3-6-12-17)33(25,26)15-9-1-2-10-16-34(27,28)20(24-22)36(31,32)18-13-7-4-8-14-18/h17-20H,1-16H2/q-2. The normalized spacial score (nSPS) is 21.0. The monoisotopic (exact) mass is 588 g/mol. The average Bonchev–Trinajstić information content (AvgIpc) is 2.82. The molecule has 2 saturated carbocycles. The van der Waals surface area contributed by atoms with Gasteiger partial charge in [-0.05, 0) is 38.5 Å². The van der Waals surface area contributed by atoms with E-state index >= 15 is 0 Å². The van der Waals surface area contributed by atoms with Gasteiger partial charge in [0.05, 0.1) is 22.0 Å². The van der Waals surface area contributed by atoms with E-state index in [-0.39, 0.29) is 25.7 Å². The topological polar surface area (TPSA) is 206 Å². The van der Waals surface area contributed by atoms with E-state index in [4.69, 9.17) is 0 Å². The highest BCUT2D eigenvalue weighted by Gasteiger charge is 2.42. The number of sulfone groups is 4. The predicted molar refractivity (Wildman–Crippen MR) is 137 cm³/mol. The molecule has 2 unspecified atom stereocenters. The first kappa shape index (κ1) is 31.2. The van der Waals surface area contributed by atoms with Gasteiger partial charge in [0, 0.05) is 0 Å². The maximum absolute atomic E-state index is 12.7. The Labute approximate surface area is 215 Å². The lowest BCUT2D eigenvalue weighted by molar-refractivity contribution is 0.480. The van der Waals surface area contributed by atoms with Crippen LogP contribution in [-0.4, -0.2) is 65.1 Å². The minimum Gasteiger partial charge on any atom is -0.710 e. The quantitative estimate of drug-likeness (QED) is 0.204. The molecule has 0 N–H and O–H groups in total. The van der Waals surface area contributed by atoms with E-state index in [9.17, 15) is 44.7 Å². The average molecular weight is 589 g/mol. The molecule has 0 saturated heterocycles. The van der Waals surface area contributed by atoms with E-state index in [2.05, 4.69) is 10.2 Å². The first-order chi connectivity index (χ1) is 16.8. The second-order valence-electron chi connectivity index (χ2n) is 9.69. The molecule has 0 radical (unpaired) electrons. The Balaban J connectivity index is 1.88. The van der Waals surface area contributed by atoms with E-state index in [0.717, 1.165) is 12.8 Å². The molecule has 0 aliphatic heterocycles. The molecule has 0 heterocycles. The van der Waals surface area contributed by atoms with Gasteiger partial charge < -0.3 is 21.3 Å². The fraction of sp³-hybridized carbons (Fsp3) is 1.00. The van der Waals surface area contributed by atoms with Crippen LogP contribution in [0.1, 0.15) is 89.9 Å². The van der Waals surface area contributed by atoms with Crippen molar-refractivity contribution in [2.45, 2.75) is 110 Å². The molecule has 2 aliphatic carbocycles. The molecule has 2 atom stereocenters. The summed E-state index contributed by atoms with van der Waals surface area (Å²) in [6, 6.07) is 0. The van der Waals surface area contributed by atoms with E-state index in [1.165, 1.54) is 0 Å². The number of hydrogen-bond donors (Lipinski definition) is 0. The summed E-state index contributed by atoms with van der Waals surface area (Å²) in [4.78, 5) is 0. The molecule has 0 bridgehead atoms. The molecule has 12 nitrogen and oxygen atoms in total. The molecule has 2 rings (SSSR count). The molecule has 2 aliphatic rings. The number of nitrogens with zero attached hydrogens (tertiary/aromatic N) is 4. The van der Waals surface area contributed by atoms with Crippen molar-refractivity contribution in [2.24, 2.45) is 10.2 Å². The highest BCUT2D eigenvalue weighted by Crippen LogP contribution is 2.31. The molecule has 2 fully saturated rings. The van der Waals surface area contributed by atoms with Crippen molar-refractivity contribution < 1.29 is 33.7 Å². The minimum atomic E-state index is -4.29. The van der Waals surface area contributed by atoms with Crippen LogP contribution in [0, 0.1) is 0 Å². The molecule has 210 valence electrons. The summed E-state index contributed by atoms with van der Waals surface area (Å²) < 4.78 is 96.8. The van der Waals surface area contributed by atoms with Crippen molar-refractivity contribution in [3.05, 3.63) is 11.1 Å². The van der Waals surface area contributed by atoms with Gasteiger partial charge in [0.2, 0.25) is 9.41 Å². The van der Waals surface area contributed by atoms with Gasteiger partial charge >= 0.3 is 0 Å². The molecule has 0 spiro atoms.